The average molecular weight is 389 g/mol. The van der Waals surface area contributed by atoms with Gasteiger partial charge in [-0.05, 0) is 31.1 Å². The van der Waals surface area contributed by atoms with Crippen LogP contribution in [0.4, 0.5) is 5.82 Å². The summed E-state index contributed by atoms with van der Waals surface area (Å²) < 4.78 is 7.08. The van der Waals surface area contributed by atoms with Gasteiger partial charge in [0.2, 0.25) is 5.91 Å². The highest BCUT2D eigenvalue weighted by Crippen LogP contribution is 2.30. The largest absolute Gasteiger partial charge is 0.497 e. The molecule has 1 aromatic carbocycles. The predicted octanol–water partition coefficient (Wildman–Crippen LogP) is 2.41. The van der Waals surface area contributed by atoms with Crippen molar-refractivity contribution in [2.24, 2.45) is 0 Å². The smallest absolute Gasteiger partial charge is 0.254 e. The van der Waals surface area contributed by atoms with Crippen molar-refractivity contribution in [2.45, 2.75) is 25.3 Å². The Hall–Kier alpha value is -3.68. The number of nitrogens with one attached hydrogen (secondary N) is 2. The third-order valence-corrected chi connectivity index (χ3v) is 5.02. The lowest BCUT2D eigenvalue weighted by atomic mass is 10.1. The fourth-order valence-corrected chi connectivity index (χ4v) is 3.36. The highest BCUT2D eigenvalue weighted by Gasteiger charge is 2.25. The first-order chi connectivity index (χ1) is 14.1. The Balaban J connectivity index is 1.65. The summed E-state index contributed by atoms with van der Waals surface area (Å²) >= 11 is 0. The summed E-state index contributed by atoms with van der Waals surface area (Å²) in [5, 5.41) is 10.3. The van der Waals surface area contributed by atoms with Crippen LogP contribution >= 0.6 is 0 Å². The Morgan fingerprint density at radius 1 is 1.28 bits per heavy atom. The van der Waals surface area contributed by atoms with Gasteiger partial charge < -0.3 is 10.1 Å². The maximum atomic E-state index is 12.0. The molecule has 0 spiro atoms. The molecule has 29 heavy (non-hydrogen) atoms. The molecule has 0 bridgehead atoms. The minimum Gasteiger partial charge on any atom is -0.497 e. The zero-order valence-corrected chi connectivity index (χ0v) is 15.8. The van der Waals surface area contributed by atoms with E-state index in [-0.39, 0.29) is 18.2 Å². The number of ether oxygens (including phenoxy) is 1. The minimum absolute atomic E-state index is 0.0684. The van der Waals surface area contributed by atoms with E-state index >= 15 is 0 Å². The van der Waals surface area contributed by atoms with Crippen LogP contribution in [0.25, 0.3) is 23.0 Å². The molecular weight excluding hydrogens is 370 g/mol. The normalized spacial score (nSPS) is 17.8. The number of carbonyl (C=O) groups is 2. The van der Waals surface area contributed by atoms with E-state index in [2.05, 4.69) is 15.7 Å². The van der Waals surface area contributed by atoms with Crippen LogP contribution in [0.3, 0.4) is 0 Å². The van der Waals surface area contributed by atoms with Gasteiger partial charge in [-0.15, -0.1) is 0 Å². The van der Waals surface area contributed by atoms with E-state index in [1.165, 1.54) is 0 Å². The molecule has 2 aromatic heterocycles. The number of benzene rings is 1. The first-order valence-electron chi connectivity index (χ1n) is 9.45. The first-order valence-corrected chi connectivity index (χ1v) is 9.45. The number of hydrogen-bond acceptors (Lipinski definition) is 6. The second-order valence-electron chi connectivity index (χ2n) is 7.24. The van der Waals surface area contributed by atoms with Crippen molar-refractivity contribution in [2.75, 3.05) is 12.4 Å². The second-order valence-corrected chi connectivity index (χ2v) is 7.24. The molecule has 5 rings (SSSR count). The van der Waals surface area contributed by atoms with Crippen LogP contribution in [0.15, 0.2) is 42.1 Å². The zero-order valence-electron chi connectivity index (χ0n) is 15.8. The number of amides is 2. The molecule has 0 unspecified atom stereocenters. The lowest BCUT2D eigenvalue weighted by molar-refractivity contribution is -0.124. The SMILES string of the molecule is COc1cccc(-c2cc(NC3CC3)n3ncc(/C=C4\CC(=O)NC4=O)c3n2)c1. The molecule has 1 saturated carbocycles. The van der Waals surface area contributed by atoms with Gasteiger partial charge in [0.05, 0.1) is 25.4 Å². The summed E-state index contributed by atoms with van der Waals surface area (Å²) in [6, 6.07) is 10.1. The standard InChI is InChI=1S/C21H19N5O3/c1-29-16-4-2-3-12(8-16)17-10-18(23-15-5-6-15)26-20(24-17)14(11-22-26)7-13-9-19(27)25-21(13)28/h2-4,7-8,10-11,15,23H,5-6,9H2,1H3,(H,25,27,28)/b13-7+. The summed E-state index contributed by atoms with van der Waals surface area (Å²) in [5.41, 5.74) is 3.41. The number of aromatic nitrogens is 3. The van der Waals surface area contributed by atoms with Crippen molar-refractivity contribution in [3.8, 4) is 17.0 Å². The number of carbonyl (C=O) groups excluding carboxylic acids is 2. The number of imide groups is 1. The van der Waals surface area contributed by atoms with E-state index in [1.54, 1.807) is 23.9 Å². The van der Waals surface area contributed by atoms with Crippen molar-refractivity contribution in [3.05, 3.63) is 47.7 Å². The number of hydrogen-bond donors (Lipinski definition) is 2. The molecule has 1 aliphatic heterocycles. The van der Waals surface area contributed by atoms with Crippen molar-refractivity contribution in [1.29, 1.82) is 0 Å². The molecule has 0 radical (unpaired) electrons. The highest BCUT2D eigenvalue weighted by molar-refractivity contribution is 6.15. The summed E-state index contributed by atoms with van der Waals surface area (Å²) in [5.74, 6) is 0.929. The summed E-state index contributed by atoms with van der Waals surface area (Å²) in [6.07, 6.45) is 5.67. The molecule has 146 valence electrons. The van der Waals surface area contributed by atoms with Gasteiger partial charge in [0.25, 0.3) is 5.91 Å². The summed E-state index contributed by atoms with van der Waals surface area (Å²) in [4.78, 5) is 28.3. The van der Waals surface area contributed by atoms with Crippen molar-refractivity contribution in [1.82, 2.24) is 19.9 Å². The number of nitrogens with zero attached hydrogens (tertiary/aromatic N) is 3. The number of rotatable bonds is 5. The number of fused-ring (bicyclic) bond motifs is 1. The maximum Gasteiger partial charge on any atom is 0.254 e. The molecule has 2 aliphatic rings. The van der Waals surface area contributed by atoms with Crippen molar-refractivity contribution >= 4 is 29.4 Å². The Labute approximate surface area is 166 Å². The van der Waals surface area contributed by atoms with Gasteiger partial charge >= 0.3 is 0 Å². The highest BCUT2D eigenvalue weighted by atomic mass is 16.5. The Kier molecular flexibility index (Phi) is 4.04. The Morgan fingerprint density at radius 2 is 2.14 bits per heavy atom. The third-order valence-electron chi connectivity index (χ3n) is 5.02. The lowest BCUT2D eigenvalue weighted by Crippen LogP contribution is -2.19. The van der Waals surface area contributed by atoms with Gasteiger partial charge in [-0.25, -0.2) is 4.98 Å². The fourth-order valence-electron chi connectivity index (χ4n) is 3.36. The van der Waals surface area contributed by atoms with Crippen molar-refractivity contribution in [3.63, 3.8) is 0 Å². The molecule has 1 aliphatic carbocycles. The van der Waals surface area contributed by atoms with Gasteiger partial charge in [-0.2, -0.15) is 9.61 Å². The number of methoxy groups -OCH3 is 1. The second kappa shape index (κ2) is 6.73. The van der Waals surface area contributed by atoms with Gasteiger partial charge in [0, 0.05) is 28.8 Å². The Morgan fingerprint density at radius 3 is 2.86 bits per heavy atom. The predicted molar refractivity (Wildman–Crippen MR) is 107 cm³/mol. The van der Waals surface area contributed by atoms with Crippen LogP contribution in [0.2, 0.25) is 0 Å². The van der Waals surface area contributed by atoms with Crippen LogP contribution in [0.5, 0.6) is 5.75 Å². The topological polar surface area (TPSA) is 97.6 Å². The number of anilines is 1. The molecule has 0 atom stereocenters. The van der Waals surface area contributed by atoms with Crippen LogP contribution in [0.1, 0.15) is 24.8 Å². The van der Waals surface area contributed by atoms with Crippen LogP contribution in [0, 0.1) is 0 Å². The van der Waals surface area contributed by atoms with E-state index in [0.717, 1.165) is 35.7 Å². The van der Waals surface area contributed by atoms with Gasteiger partial charge in [-0.3, -0.25) is 14.9 Å². The monoisotopic (exact) mass is 389 g/mol. The molecule has 3 heterocycles. The average Bonchev–Trinajstić information content (AvgIpc) is 3.36. The van der Waals surface area contributed by atoms with Gasteiger partial charge in [0.1, 0.15) is 11.6 Å². The van der Waals surface area contributed by atoms with E-state index in [9.17, 15) is 9.59 Å². The van der Waals surface area contributed by atoms with Crippen molar-refractivity contribution < 1.29 is 14.3 Å². The minimum atomic E-state index is -0.366. The first kappa shape index (κ1) is 17.4. The molecule has 8 nitrogen and oxygen atoms in total. The van der Waals surface area contributed by atoms with Crippen LogP contribution < -0.4 is 15.4 Å². The molecule has 2 fully saturated rings. The Bertz CT molecular complexity index is 1180. The third kappa shape index (κ3) is 3.33. The summed E-state index contributed by atoms with van der Waals surface area (Å²) in [7, 11) is 1.63. The van der Waals surface area contributed by atoms with E-state index in [4.69, 9.17) is 9.72 Å². The van der Waals surface area contributed by atoms with E-state index < -0.39 is 0 Å². The molecule has 2 N–H and O–H groups in total. The molecule has 1 saturated heterocycles. The molecule has 3 aromatic rings. The molecule has 8 heteroatoms. The lowest BCUT2D eigenvalue weighted by Gasteiger charge is -2.11. The fraction of sp³-hybridized carbons (Fsp3) is 0.238. The summed E-state index contributed by atoms with van der Waals surface area (Å²) in [6.45, 7) is 0. The van der Waals surface area contributed by atoms with Gasteiger partial charge in [0.15, 0.2) is 5.65 Å². The van der Waals surface area contributed by atoms with E-state index in [0.29, 0.717) is 22.8 Å². The van der Waals surface area contributed by atoms with Crippen LogP contribution in [-0.2, 0) is 9.59 Å². The molecule has 2 amide bonds. The van der Waals surface area contributed by atoms with Crippen LogP contribution in [-0.4, -0.2) is 39.6 Å². The quantitative estimate of drug-likeness (QED) is 0.514. The molecular formula is C21H19N5O3. The zero-order chi connectivity index (χ0) is 20.0. The van der Waals surface area contributed by atoms with Gasteiger partial charge in [-0.1, -0.05) is 12.1 Å². The maximum absolute atomic E-state index is 12.0. The van der Waals surface area contributed by atoms with E-state index in [1.807, 2.05) is 30.3 Å².